The van der Waals surface area contributed by atoms with Crippen LogP contribution in [0.5, 0.6) is 0 Å². The van der Waals surface area contributed by atoms with Gasteiger partial charge >= 0.3 is 0 Å². The number of nitrogens with one attached hydrogen (secondary N) is 2. The summed E-state index contributed by atoms with van der Waals surface area (Å²) in [6, 6.07) is 7.65. The largest absolute Gasteiger partial charge is 0.357 e. The Morgan fingerprint density at radius 1 is 1.17 bits per heavy atom. The Kier molecular flexibility index (Phi) is 12.0. The number of aliphatic imine (C=N–C) groups is 1. The summed E-state index contributed by atoms with van der Waals surface area (Å²) in [6.45, 7) is 13.2. The second-order valence-corrected chi connectivity index (χ2v) is 5.04. The van der Waals surface area contributed by atoms with Crippen LogP contribution < -0.4 is 10.6 Å². The van der Waals surface area contributed by atoms with Gasteiger partial charge < -0.3 is 15.5 Å². The van der Waals surface area contributed by atoms with Crippen LogP contribution >= 0.6 is 24.0 Å². The molecule has 0 saturated heterocycles. The molecule has 0 aliphatic carbocycles. The van der Waals surface area contributed by atoms with Gasteiger partial charge in [0.05, 0.1) is 6.54 Å². The molecule has 1 aromatic rings. The average molecular weight is 444 g/mol. The van der Waals surface area contributed by atoms with Gasteiger partial charge in [0.1, 0.15) is 0 Å². The first kappa shape index (κ1) is 22.4. The Hall–Kier alpha value is -1.57. The minimum Gasteiger partial charge on any atom is -0.357 e. The van der Waals surface area contributed by atoms with Gasteiger partial charge in [-0.2, -0.15) is 0 Å². The van der Waals surface area contributed by atoms with Gasteiger partial charge in [0, 0.05) is 31.7 Å². The number of carbonyl (C=O) groups excluding carboxylic acids is 1. The Morgan fingerprint density at radius 2 is 1.79 bits per heavy atom. The number of amides is 1. The Balaban J connectivity index is 0.00000529. The van der Waals surface area contributed by atoms with Crippen LogP contribution in [0.1, 0.15) is 36.7 Å². The summed E-state index contributed by atoms with van der Waals surface area (Å²) in [5, 5.41) is 6.34. The summed E-state index contributed by atoms with van der Waals surface area (Å²) in [5.41, 5.74) is 1.79. The van der Waals surface area contributed by atoms with E-state index in [4.69, 9.17) is 0 Å². The van der Waals surface area contributed by atoms with Gasteiger partial charge in [-0.25, -0.2) is 4.99 Å². The highest BCUT2D eigenvalue weighted by molar-refractivity contribution is 14.0. The first-order valence-electron chi connectivity index (χ1n) is 8.17. The highest BCUT2D eigenvalue weighted by Gasteiger charge is 2.11. The smallest absolute Gasteiger partial charge is 0.253 e. The lowest BCUT2D eigenvalue weighted by molar-refractivity contribution is 0.0773. The van der Waals surface area contributed by atoms with Crippen molar-refractivity contribution in [3.8, 4) is 0 Å². The summed E-state index contributed by atoms with van der Waals surface area (Å²) in [6.07, 6.45) is 1.79. The molecule has 0 aliphatic heterocycles. The molecule has 0 unspecified atom stereocenters. The highest BCUT2D eigenvalue weighted by Crippen LogP contribution is 2.09. The number of hydrogen-bond acceptors (Lipinski definition) is 2. The predicted molar refractivity (Wildman–Crippen MR) is 112 cm³/mol. The quantitative estimate of drug-likeness (QED) is 0.281. The van der Waals surface area contributed by atoms with E-state index in [0.29, 0.717) is 13.1 Å². The summed E-state index contributed by atoms with van der Waals surface area (Å²) >= 11 is 0. The number of hydrogen-bond donors (Lipinski definition) is 2. The van der Waals surface area contributed by atoms with Crippen molar-refractivity contribution in [3.63, 3.8) is 0 Å². The van der Waals surface area contributed by atoms with Crippen molar-refractivity contribution in [2.24, 2.45) is 4.99 Å². The lowest BCUT2D eigenvalue weighted by Crippen LogP contribution is -2.37. The molecule has 0 heterocycles. The molecular weight excluding hydrogens is 415 g/mol. The molecule has 5 nitrogen and oxygen atoms in total. The molecule has 134 valence electrons. The lowest BCUT2D eigenvalue weighted by atomic mass is 10.1. The molecule has 2 N–H and O–H groups in total. The van der Waals surface area contributed by atoms with E-state index < -0.39 is 0 Å². The monoisotopic (exact) mass is 444 g/mol. The maximum Gasteiger partial charge on any atom is 0.253 e. The van der Waals surface area contributed by atoms with E-state index in [1.54, 1.807) is 6.08 Å². The van der Waals surface area contributed by atoms with Crippen molar-refractivity contribution >= 4 is 35.8 Å². The molecule has 1 aromatic carbocycles. The zero-order chi connectivity index (χ0) is 17.1. The number of halogens is 1. The summed E-state index contributed by atoms with van der Waals surface area (Å²) in [4.78, 5) is 18.6. The zero-order valence-corrected chi connectivity index (χ0v) is 17.2. The summed E-state index contributed by atoms with van der Waals surface area (Å²) < 4.78 is 0. The number of guanidine groups is 1. The van der Waals surface area contributed by atoms with E-state index >= 15 is 0 Å². The second kappa shape index (κ2) is 12.8. The Morgan fingerprint density at radius 3 is 2.29 bits per heavy atom. The molecule has 24 heavy (non-hydrogen) atoms. The van der Waals surface area contributed by atoms with Crippen LogP contribution in [0.3, 0.4) is 0 Å². The molecule has 0 aliphatic rings. The maximum atomic E-state index is 12.3. The second-order valence-electron chi connectivity index (χ2n) is 5.04. The topological polar surface area (TPSA) is 56.7 Å². The van der Waals surface area contributed by atoms with E-state index in [1.807, 2.05) is 49.9 Å². The minimum absolute atomic E-state index is 0. The number of benzene rings is 1. The molecule has 0 aromatic heterocycles. The fourth-order valence-corrected chi connectivity index (χ4v) is 2.13. The van der Waals surface area contributed by atoms with E-state index in [9.17, 15) is 4.79 Å². The molecule has 6 heteroatoms. The van der Waals surface area contributed by atoms with E-state index in [-0.39, 0.29) is 29.9 Å². The third kappa shape index (κ3) is 7.33. The van der Waals surface area contributed by atoms with Crippen LogP contribution in [0.4, 0.5) is 0 Å². The third-order valence-electron chi connectivity index (χ3n) is 3.43. The van der Waals surface area contributed by atoms with Gasteiger partial charge in [-0.3, -0.25) is 4.79 Å². The molecule has 0 atom stereocenters. The maximum absolute atomic E-state index is 12.3. The number of nitrogens with zero attached hydrogens (tertiary/aromatic N) is 2. The average Bonchev–Trinajstić information content (AvgIpc) is 2.58. The molecule has 0 saturated carbocycles. The Bertz CT molecular complexity index is 524. The molecule has 0 bridgehead atoms. The van der Waals surface area contributed by atoms with Crippen LogP contribution in [0.15, 0.2) is 41.9 Å². The van der Waals surface area contributed by atoms with Crippen molar-refractivity contribution in [1.82, 2.24) is 15.5 Å². The van der Waals surface area contributed by atoms with Crippen molar-refractivity contribution in [1.29, 1.82) is 0 Å². The summed E-state index contributed by atoms with van der Waals surface area (Å²) in [7, 11) is 0. The number of rotatable bonds is 8. The van der Waals surface area contributed by atoms with Crippen LogP contribution in [-0.2, 0) is 6.54 Å². The van der Waals surface area contributed by atoms with Crippen LogP contribution in [0.25, 0.3) is 0 Å². The van der Waals surface area contributed by atoms with Crippen molar-refractivity contribution < 1.29 is 4.79 Å². The van der Waals surface area contributed by atoms with Crippen LogP contribution in [0.2, 0.25) is 0 Å². The minimum atomic E-state index is 0. The summed E-state index contributed by atoms with van der Waals surface area (Å²) in [5.74, 6) is 0.835. The molecule has 0 spiro atoms. The predicted octanol–water partition coefficient (Wildman–Crippen LogP) is 3.03. The van der Waals surface area contributed by atoms with Gasteiger partial charge in [0.15, 0.2) is 5.96 Å². The normalized spacial score (nSPS) is 10.5. The fraction of sp³-hybridized carbons (Fsp3) is 0.444. The lowest BCUT2D eigenvalue weighted by Gasteiger charge is -2.18. The molecule has 0 radical (unpaired) electrons. The Labute approximate surface area is 162 Å². The van der Waals surface area contributed by atoms with Crippen LogP contribution in [-0.4, -0.2) is 42.9 Å². The molecule has 1 rings (SSSR count). The fourth-order valence-electron chi connectivity index (χ4n) is 2.13. The van der Waals surface area contributed by atoms with E-state index in [0.717, 1.165) is 36.7 Å². The van der Waals surface area contributed by atoms with Crippen molar-refractivity contribution in [3.05, 3.63) is 48.0 Å². The molecule has 0 fully saturated rings. The molecule has 1 amide bonds. The number of carbonyl (C=O) groups is 1. The van der Waals surface area contributed by atoms with Gasteiger partial charge in [-0.1, -0.05) is 18.2 Å². The van der Waals surface area contributed by atoms with Gasteiger partial charge in [-0.05, 0) is 38.5 Å². The van der Waals surface area contributed by atoms with Gasteiger partial charge in [0.2, 0.25) is 0 Å². The molecular formula is C18H29IN4O. The SMILES string of the molecule is C=CCNC(=NCc1ccc(C(=O)N(CC)CC)cc1)NCC.I. The highest BCUT2D eigenvalue weighted by atomic mass is 127. The first-order valence-corrected chi connectivity index (χ1v) is 8.17. The van der Waals surface area contributed by atoms with Gasteiger partial charge in [-0.15, -0.1) is 30.6 Å². The van der Waals surface area contributed by atoms with E-state index in [1.165, 1.54) is 0 Å². The van der Waals surface area contributed by atoms with Crippen molar-refractivity contribution in [2.45, 2.75) is 27.3 Å². The van der Waals surface area contributed by atoms with E-state index in [2.05, 4.69) is 22.2 Å². The standard InChI is InChI=1S/C18H28N4O.HI/c1-5-13-20-18(19-6-2)21-14-15-9-11-16(12-10-15)17(23)22(7-3)8-4;/h5,9-12H,1,6-8,13-14H2,2-4H3,(H2,19,20,21);1H. The zero-order valence-electron chi connectivity index (χ0n) is 14.8. The van der Waals surface area contributed by atoms with Gasteiger partial charge in [0.25, 0.3) is 5.91 Å². The first-order chi connectivity index (χ1) is 11.2. The van der Waals surface area contributed by atoms with Crippen molar-refractivity contribution in [2.75, 3.05) is 26.2 Å². The van der Waals surface area contributed by atoms with Crippen LogP contribution in [0, 0.1) is 0 Å². The third-order valence-corrected chi connectivity index (χ3v) is 3.43.